The largest absolute Gasteiger partial charge is 0.388 e. The van der Waals surface area contributed by atoms with Gasteiger partial charge in [-0.05, 0) is 42.4 Å². The summed E-state index contributed by atoms with van der Waals surface area (Å²) < 4.78 is 0. The fourth-order valence-corrected chi connectivity index (χ4v) is 2.29. The van der Waals surface area contributed by atoms with E-state index in [4.69, 9.17) is 0 Å². The fraction of sp³-hybridized carbons (Fsp3) is 0.571. The Morgan fingerprint density at radius 1 is 1.38 bits per heavy atom. The third-order valence-corrected chi connectivity index (χ3v) is 3.40. The quantitative estimate of drug-likeness (QED) is 0.729. The van der Waals surface area contributed by atoms with E-state index in [-0.39, 0.29) is 6.10 Å². The summed E-state index contributed by atoms with van der Waals surface area (Å²) in [6.07, 6.45) is 6.03. The van der Waals surface area contributed by atoms with Crippen molar-refractivity contribution in [2.24, 2.45) is 0 Å². The van der Waals surface area contributed by atoms with E-state index in [0.29, 0.717) is 0 Å². The number of hydrogen-bond donors (Lipinski definition) is 1. The topological polar surface area (TPSA) is 20.2 Å². The molecule has 0 saturated heterocycles. The molecule has 1 aromatic rings. The van der Waals surface area contributed by atoms with Crippen LogP contribution in [0.1, 0.15) is 43.4 Å². The molecule has 90 valence electrons. The molecule has 0 radical (unpaired) electrons. The Kier molecular flexibility index (Phi) is 6.58. The monoisotopic (exact) mass is 238 g/mol. The Hall–Kier alpha value is -0.470. The van der Waals surface area contributed by atoms with Crippen molar-refractivity contribution in [2.45, 2.75) is 38.7 Å². The van der Waals surface area contributed by atoms with E-state index < -0.39 is 0 Å². The summed E-state index contributed by atoms with van der Waals surface area (Å²) >= 11 is 1.84. The van der Waals surface area contributed by atoms with Gasteiger partial charge in [-0.15, -0.1) is 0 Å². The molecule has 1 atom stereocenters. The molecule has 0 saturated carbocycles. The van der Waals surface area contributed by atoms with Crippen LogP contribution in [0.5, 0.6) is 0 Å². The van der Waals surface area contributed by atoms with Crippen molar-refractivity contribution in [1.29, 1.82) is 0 Å². The van der Waals surface area contributed by atoms with Gasteiger partial charge in [0, 0.05) is 0 Å². The SMILES string of the molecule is CCCc1cccc(C(O)CCCSC)c1. The summed E-state index contributed by atoms with van der Waals surface area (Å²) in [6, 6.07) is 8.37. The lowest BCUT2D eigenvalue weighted by Gasteiger charge is -2.11. The first kappa shape index (κ1) is 13.6. The van der Waals surface area contributed by atoms with E-state index in [0.717, 1.165) is 37.0 Å². The number of hydrogen-bond acceptors (Lipinski definition) is 2. The zero-order valence-electron chi connectivity index (χ0n) is 10.3. The van der Waals surface area contributed by atoms with Crippen LogP contribution in [-0.4, -0.2) is 17.1 Å². The third-order valence-electron chi connectivity index (χ3n) is 2.70. The highest BCUT2D eigenvalue weighted by molar-refractivity contribution is 7.98. The molecule has 0 aromatic heterocycles. The van der Waals surface area contributed by atoms with Crippen LogP contribution in [0.15, 0.2) is 24.3 Å². The molecular weight excluding hydrogens is 216 g/mol. The van der Waals surface area contributed by atoms with E-state index in [1.165, 1.54) is 5.56 Å². The normalized spacial score (nSPS) is 12.7. The van der Waals surface area contributed by atoms with E-state index in [1.807, 2.05) is 17.8 Å². The molecule has 0 aliphatic rings. The zero-order chi connectivity index (χ0) is 11.8. The van der Waals surface area contributed by atoms with Gasteiger partial charge in [0.1, 0.15) is 0 Å². The van der Waals surface area contributed by atoms with Crippen LogP contribution < -0.4 is 0 Å². The average Bonchev–Trinajstić information content (AvgIpc) is 2.30. The molecule has 1 nitrogen and oxygen atoms in total. The molecular formula is C14H22OS. The molecule has 1 rings (SSSR count). The second-order valence-electron chi connectivity index (χ2n) is 4.15. The lowest BCUT2D eigenvalue weighted by Crippen LogP contribution is -1.99. The average molecular weight is 238 g/mol. The molecule has 0 heterocycles. The fourth-order valence-electron chi connectivity index (χ4n) is 1.83. The van der Waals surface area contributed by atoms with Crippen LogP contribution in [0.3, 0.4) is 0 Å². The highest BCUT2D eigenvalue weighted by Crippen LogP contribution is 2.20. The van der Waals surface area contributed by atoms with E-state index in [1.54, 1.807) is 0 Å². The summed E-state index contributed by atoms with van der Waals surface area (Å²) in [7, 11) is 0. The van der Waals surface area contributed by atoms with E-state index in [9.17, 15) is 5.11 Å². The lowest BCUT2D eigenvalue weighted by atomic mass is 10.0. The van der Waals surface area contributed by atoms with Gasteiger partial charge in [0.25, 0.3) is 0 Å². The van der Waals surface area contributed by atoms with Crippen LogP contribution in [0.4, 0.5) is 0 Å². The van der Waals surface area contributed by atoms with Crippen LogP contribution in [0.2, 0.25) is 0 Å². The molecule has 0 amide bonds. The Morgan fingerprint density at radius 3 is 2.88 bits per heavy atom. The molecule has 0 bridgehead atoms. The minimum Gasteiger partial charge on any atom is -0.388 e. The van der Waals surface area contributed by atoms with Crippen LogP contribution in [0.25, 0.3) is 0 Å². The van der Waals surface area contributed by atoms with Crippen LogP contribution in [0, 0.1) is 0 Å². The number of rotatable bonds is 7. The Morgan fingerprint density at radius 2 is 2.19 bits per heavy atom. The summed E-state index contributed by atoms with van der Waals surface area (Å²) in [5.74, 6) is 1.13. The minimum absolute atomic E-state index is 0.288. The van der Waals surface area contributed by atoms with Crippen molar-refractivity contribution in [1.82, 2.24) is 0 Å². The maximum absolute atomic E-state index is 10.0. The van der Waals surface area contributed by atoms with Crippen molar-refractivity contribution >= 4 is 11.8 Å². The van der Waals surface area contributed by atoms with Crippen molar-refractivity contribution in [3.8, 4) is 0 Å². The van der Waals surface area contributed by atoms with E-state index >= 15 is 0 Å². The third kappa shape index (κ3) is 4.58. The first-order chi connectivity index (χ1) is 7.77. The van der Waals surface area contributed by atoms with Gasteiger partial charge in [-0.1, -0.05) is 37.6 Å². The van der Waals surface area contributed by atoms with Crippen molar-refractivity contribution < 1.29 is 5.11 Å². The lowest BCUT2D eigenvalue weighted by molar-refractivity contribution is 0.167. The zero-order valence-corrected chi connectivity index (χ0v) is 11.1. The van der Waals surface area contributed by atoms with E-state index in [2.05, 4.69) is 31.4 Å². The standard InChI is InChI=1S/C14H22OS/c1-3-6-12-7-4-8-13(11-12)14(15)9-5-10-16-2/h4,7-8,11,14-15H,3,5-6,9-10H2,1-2H3. The molecule has 2 heteroatoms. The summed E-state index contributed by atoms with van der Waals surface area (Å²) in [5, 5.41) is 10.0. The highest BCUT2D eigenvalue weighted by Gasteiger charge is 2.07. The van der Waals surface area contributed by atoms with Crippen molar-refractivity contribution in [3.05, 3.63) is 35.4 Å². The van der Waals surface area contributed by atoms with Gasteiger partial charge < -0.3 is 5.11 Å². The second kappa shape index (κ2) is 7.75. The molecule has 0 aliphatic carbocycles. The van der Waals surface area contributed by atoms with Gasteiger partial charge in [0.15, 0.2) is 0 Å². The smallest absolute Gasteiger partial charge is 0.0790 e. The minimum atomic E-state index is -0.288. The van der Waals surface area contributed by atoms with Crippen molar-refractivity contribution in [3.63, 3.8) is 0 Å². The van der Waals surface area contributed by atoms with Crippen molar-refractivity contribution in [2.75, 3.05) is 12.0 Å². The Bertz CT molecular complexity index is 299. The second-order valence-corrected chi connectivity index (χ2v) is 5.13. The number of benzene rings is 1. The number of aliphatic hydroxyl groups is 1. The van der Waals surface area contributed by atoms with Crippen LogP contribution >= 0.6 is 11.8 Å². The van der Waals surface area contributed by atoms with Gasteiger partial charge in [0.2, 0.25) is 0 Å². The Balaban J connectivity index is 2.53. The Labute approximate surface area is 103 Å². The first-order valence-electron chi connectivity index (χ1n) is 6.03. The molecule has 0 aliphatic heterocycles. The summed E-state index contributed by atoms with van der Waals surface area (Å²) in [6.45, 7) is 2.18. The maximum atomic E-state index is 10.0. The molecule has 1 aromatic carbocycles. The number of aliphatic hydroxyl groups excluding tert-OH is 1. The van der Waals surface area contributed by atoms with Gasteiger partial charge in [-0.2, -0.15) is 11.8 Å². The molecule has 0 spiro atoms. The van der Waals surface area contributed by atoms with Gasteiger partial charge in [0.05, 0.1) is 6.10 Å². The van der Waals surface area contributed by atoms with Gasteiger partial charge >= 0.3 is 0 Å². The predicted molar refractivity (Wildman–Crippen MR) is 73.0 cm³/mol. The molecule has 0 fully saturated rings. The van der Waals surface area contributed by atoms with Gasteiger partial charge in [-0.25, -0.2) is 0 Å². The first-order valence-corrected chi connectivity index (χ1v) is 7.43. The van der Waals surface area contributed by atoms with Gasteiger partial charge in [-0.3, -0.25) is 0 Å². The predicted octanol–water partition coefficient (Wildman–Crippen LogP) is 3.82. The van der Waals surface area contributed by atoms with Crippen LogP contribution in [-0.2, 0) is 6.42 Å². The number of thioether (sulfide) groups is 1. The molecule has 16 heavy (non-hydrogen) atoms. The summed E-state index contributed by atoms with van der Waals surface area (Å²) in [5.41, 5.74) is 2.41. The highest BCUT2D eigenvalue weighted by atomic mass is 32.2. The number of aryl methyl sites for hydroxylation is 1. The molecule has 1 unspecified atom stereocenters. The molecule has 1 N–H and O–H groups in total. The maximum Gasteiger partial charge on any atom is 0.0790 e. The summed E-state index contributed by atoms with van der Waals surface area (Å²) in [4.78, 5) is 0.